The van der Waals surface area contributed by atoms with E-state index in [1.54, 1.807) is 0 Å². The minimum absolute atomic E-state index is 0.0461. The van der Waals surface area contributed by atoms with E-state index in [1.165, 1.54) is 30.3 Å². The summed E-state index contributed by atoms with van der Waals surface area (Å²) in [5.74, 6) is -0.825. The number of sulfone groups is 1. The third-order valence-corrected chi connectivity index (χ3v) is 5.38. The molecule has 23 heavy (non-hydrogen) atoms. The van der Waals surface area contributed by atoms with E-state index in [9.17, 15) is 21.2 Å². The van der Waals surface area contributed by atoms with Gasteiger partial charge in [0.1, 0.15) is 5.82 Å². The van der Waals surface area contributed by atoms with Crippen molar-refractivity contribution in [3.05, 3.63) is 58.9 Å². The standard InChI is InChI=1S/C14H13ClFNO4S2/c1-22(18,19)9-10-2-5-12(6-3-10)23(20,21)17-11-4-7-14(16)13(15)8-11/h2-8,17H,9H2,1H3. The van der Waals surface area contributed by atoms with Crippen molar-refractivity contribution in [2.45, 2.75) is 10.6 Å². The molecule has 0 fully saturated rings. The van der Waals surface area contributed by atoms with Gasteiger partial charge in [-0.25, -0.2) is 21.2 Å². The number of hydrogen-bond acceptors (Lipinski definition) is 4. The van der Waals surface area contributed by atoms with E-state index in [2.05, 4.69) is 4.72 Å². The van der Waals surface area contributed by atoms with Crippen LogP contribution in [0.2, 0.25) is 5.02 Å². The lowest BCUT2D eigenvalue weighted by Gasteiger charge is -2.09. The largest absolute Gasteiger partial charge is 0.280 e. The molecule has 0 saturated carbocycles. The van der Waals surface area contributed by atoms with Crippen molar-refractivity contribution in [2.75, 3.05) is 11.0 Å². The second kappa shape index (κ2) is 6.46. The average molecular weight is 378 g/mol. The summed E-state index contributed by atoms with van der Waals surface area (Å²) in [5.41, 5.74) is 0.605. The van der Waals surface area contributed by atoms with Gasteiger partial charge in [-0.2, -0.15) is 0 Å². The van der Waals surface area contributed by atoms with Crippen molar-refractivity contribution in [2.24, 2.45) is 0 Å². The predicted molar refractivity (Wildman–Crippen MR) is 87.2 cm³/mol. The third kappa shape index (κ3) is 4.92. The zero-order chi connectivity index (χ0) is 17.3. The fraction of sp³-hybridized carbons (Fsp3) is 0.143. The molecule has 1 N–H and O–H groups in total. The summed E-state index contributed by atoms with van der Waals surface area (Å²) in [6, 6.07) is 8.90. The van der Waals surface area contributed by atoms with Crippen molar-refractivity contribution in [1.82, 2.24) is 0 Å². The number of halogens is 2. The number of anilines is 1. The zero-order valence-electron chi connectivity index (χ0n) is 12.0. The average Bonchev–Trinajstić information content (AvgIpc) is 2.41. The molecule has 124 valence electrons. The van der Waals surface area contributed by atoms with Crippen LogP contribution in [0.25, 0.3) is 0 Å². The Hall–Kier alpha value is -1.64. The zero-order valence-corrected chi connectivity index (χ0v) is 14.3. The second-order valence-electron chi connectivity index (χ2n) is 4.95. The molecule has 9 heteroatoms. The fourth-order valence-corrected chi connectivity index (χ4v) is 3.87. The van der Waals surface area contributed by atoms with E-state index in [-0.39, 0.29) is 21.4 Å². The Balaban J connectivity index is 2.24. The highest BCUT2D eigenvalue weighted by Crippen LogP contribution is 2.22. The Morgan fingerprint density at radius 3 is 2.17 bits per heavy atom. The van der Waals surface area contributed by atoms with Crippen LogP contribution in [0.1, 0.15) is 5.56 Å². The predicted octanol–water partition coefficient (Wildman–Crippen LogP) is 2.82. The summed E-state index contributed by atoms with van der Waals surface area (Å²) >= 11 is 5.60. The van der Waals surface area contributed by atoms with E-state index < -0.39 is 25.7 Å². The lowest BCUT2D eigenvalue weighted by Crippen LogP contribution is -2.13. The van der Waals surface area contributed by atoms with E-state index in [0.717, 1.165) is 18.4 Å². The van der Waals surface area contributed by atoms with Gasteiger partial charge in [0.25, 0.3) is 10.0 Å². The highest BCUT2D eigenvalue weighted by Gasteiger charge is 2.15. The number of nitrogens with one attached hydrogen (secondary N) is 1. The molecule has 2 aromatic carbocycles. The van der Waals surface area contributed by atoms with Gasteiger partial charge in [-0.3, -0.25) is 4.72 Å². The summed E-state index contributed by atoms with van der Waals surface area (Å²) in [6.45, 7) is 0. The molecule has 5 nitrogen and oxygen atoms in total. The van der Waals surface area contributed by atoms with Crippen LogP contribution < -0.4 is 4.72 Å². The van der Waals surface area contributed by atoms with Gasteiger partial charge in [-0.15, -0.1) is 0 Å². The van der Waals surface area contributed by atoms with Crippen molar-refractivity contribution < 1.29 is 21.2 Å². The van der Waals surface area contributed by atoms with Gasteiger partial charge < -0.3 is 0 Å². The van der Waals surface area contributed by atoms with Crippen molar-refractivity contribution in [1.29, 1.82) is 0 Å². The molecule has 0 spiro atoms. The normalized spacial score (nSPS) is 12.1. The van der Waals surface area contributed by atoms with Crippen LogP contribution in [-0.2, 0) is 25.6 Å². The van der Waals surface area contributed by atoms with Gasteiger partial charge >= 0.3 is 0 Å². The maximum absolute atomic E-state index is 13.1. The van der Waals surface area contributed by atoms with Crippen LogP contribution >= 0.6 is 11.6 Å². The monoisotopic (exact) mass is 377 g/mol. The van der Waals surface area contributed by atoms with E-state index in [0.29, 0.717) is 5.56 Å². The Morgan fingerprint density at radius 1 is 1.04 bits per heavy atom. The van der Waals surface area contributed by atoms with E-state index in [4.69, 9.17) is 11.6 Å². The van der Waals surface area contributed by atoms with E-state index in [1.807, 2.05) is 0 Å². The van der Waals surface area contributed by atoms with Crippen LogP contribution in [0.15, 0.2) is 47.4 Å². The van der Waals surface area contributed by atoms with Crippen LogP contribution in [0.5, 0.6) is 0 Å². The molecule has 0 atom stereocenters. The molecule has 0 aliphatic carbocycles. The SMILES string of the molecule is CS(=O)(=O)Cc1ccc(S(=O)(=O)Nc2ccc(F)c(Cl)c2)cc1. The molecule has 0 unspecified atom stereocenters. The van der Waals surface area contributed by atoms with Gasteiger partial charge in [0.15, 0.2) is 9.84 Å². The van der Waals surface area contributed by atoms with E-state index >= 15 is 0 Å². The highest BCUT2D eigenvalue weighted by atomic mass is 35.5. The first kappa shape index (κ1) is 17.7. The molecule has 0 bridgehead atoms. The quantitative estimate of drug-likeness (QED) is 0.868. The van der Waals surface area contributed by atoms with Crippen LogP contribution in [0.3, 0.4) is 0 Å². The topological polar surface area (TPSA) is 80.3 Å². The van der Waals surface area contributed by atoms with Gasteiger partial charge in [-0.1, -0.05) is 23.7 Å². The Bertz CT molecular complexity index is 926. The lowest BCUT2D eigenvalue weighted by molar-refractivity contribution is 0.600. The number of benzene rings is 2. The number of rotatable bonds is 5. The molecular weight excluding hydrogens is 365 g/mol. The third-order valence-electron chi connectivity index (χ3n) is 2.83. The Labute approximate surface area is 139 Å². The Morgan fingerprint density at radius 2 is 1.65 bits per heavy atom. The van der Waals surface area contributed by atoms with Crippen LogP contribution in [0, 0.1) is 5.82 Å². The van der Waals surface area contributed by atoms with Crippen LogP contribution in [0.4, 0.5) is 10.1 Å². The van der Waals surface area contributed by atoms with Gasteiger partial charge in [-0.05, 0) is 35.9 Å². The van der Waals surface area contributed by atoms with Crippen molar-refractivity contribution in [3.8, 4) is 0 Å². The first-order valence-electron chi connectivity index (χ1n) is 6.31. The van der Waals surface area contributed by atoms with Gasteiger partial charge in [0.2, 0.25) is 0 Å². The summed E-state index contributed by atoms with van der Waals surface area (Å²) in [4.78, 5) is -0.0461. The molecule has 0 heterocycles. The minimum Gasteiger partial charge on any atom is -0.280 e. The molecule has 2 aromatic rings. The van der Waals surface area contributed by atoms with Crippen molar-refractivity contribution >= 4 is 37.1 Å². The first-order chi connectivity index (χ1) is 10.6. The number of sulfonamides is 1. The molecule has 0 radical (unpaired) electrons. The smallest absolute Gasteiger partial charge is 0.261 e. The summed E-state index contributed by atoms with van der Waals surface area (Å²) in [7, 11) is -7.08. The maximum atomic E-state index is 13.1. The molecule has 0 amide bonds. The summed E-state index contributed by atoms with van der Waals surface area (Å²) in [6.07, 6.45) is 1.09. The number of hydrogen-bond donors (Lipinski definition) is 1. The maximum Gasteiger partial charge on any atom is 0.261 e. The highest BCUT2D eigenvalue weighted by molar-refractivity contribution is 7.92. The molecule has 0 aliphatic rings. The van der Waals surface area contributed by atoms with Gasteiger partial charge in [0, 0.05) is 6.26 Å². The molecule has 0 aliphatic heterocycles. The molecule has 2 rings (SSSR count). The van der Waals surface area contributed by atoms with Gasteiger partial charge in [0.05, 0.1) is 21.4 Å². The molecular formula is C14H13ClFNO4S2. The summed E-state index contributed by atoms with van der Waals surface area (Å²) < 4.78 is 62.2. The summed E-state index contributed by atoms with van der Waals surface area (Å²) in [5, 5.41) is -0.200. The van der Waals surface area contributed by atoms with Crippen molar-refractivity contribution in [3.63, 3.8) is 0 Å². The second-order valence-corrected chi connectivity index (χ2v) is 9.18. The first-order valence-corrected chi connectivity index (χ1v) is 10.2. The fourth-order valence-electron chi connectivity index (χ4n) is 1.84. The molecule has 0 saturated heterocycles. The Kier molecular flexibility index (Phi) is 4.98. The van der Waals surface area contributed by atoms with Crippen LogP contribution in [-0.4, -0.2) is 23.1 Å². The minimum atomic E-state index is -3.88. The molecule has 0 aromatic heterocycles. The lowest BCUT2D eigenvalue weighted by atomic mass is 10.2.